The molecule has 0 unspecified atom stereocenters. The Morgan fingerprint density at radius 2 is 2.08 bits per heavy atom. The molecule has 1 aromatic rings. The van der Waals surface area contributed by atoms with Gasteiger partial charge in [0.05, 0.1) is 0 Å². The standard InChI is InChI=1S/C9H13N3S/c10-5-7-2-1-3-8(4-7)6-13-9(11)12/h1-4H,5-6,10H2,(H3,11,12). The molecule has 3 nitrogen and oxygen atoms in total. The molecule has 70 valence electrons. The van der Waals surface area contributed by atoms with E-state index in [2.05, 4.69) is 0 Å². The molecule has 1 rings (SSSR count). The Balaban J connectivity index is 2.61. The maximum Gasteiger partial charge on any atom is 0.151 e. The minimum Gasteiger partial charge on any atom is -0.379 e. The molecule has 0 aliphatic carbocycles. The first-order valence-corrected chi connectivity index (χ1v) is 4.95. The van der Waals surface area contributed by atoms with Gasteiger partial charge in [-0.1, -0.05) is 36.0 Å². The third kappa shape index (κ3) is 3.48. The maximum absolute atomic E-state index is 7.06. The zero-order valence-corrected chi connectivity index (χ0v) is 8.10. The SMILES string of the molecule is N=C(N)SCc1cccc(CN)c1. The summed E-state index contributed by atoms with van der Waals surface area (Å²) in [7, 11) is 0. The molecule has 5 N–H and O–H groups in total. The summed E-state index contributed by atoms with van der Waals surface area (Å²) >= 11 is 1.32. The number of hydrogen-bond donors (Lipinski definition) is 3. The molecule has 0 amide bonds. The first-order chi connectivity index (χ1) is 6.22. The molecule has 0 radical (unpaired) electrons. The minimum absolute atomic E-state index is 0.151. The molecule has 0 saturated carbocycles. The molecule has 0 atom stereocenters. The van der Waals surface area contributed by atoms with Crippen molar-refractivity contribution in [2.24, 2.45) is 11.5 Å². The van der Waals surface area contributed by atoms with Crippen molar-refractivity contribution in [3.05, 3.63) is 35.4 Å². The lowest BCUT2D eigenvalue weighted by Crippen LogP contribution is -2.04. The summed E-state index contributed by atoms with van der Waals surface area (Å²) in [6.45, 7) is 0.554. The Labute approximate surface area is 82.0 Å². The summed E-state index contributed by atoms with van der Waals surface area (Å²) in [6, 6.07) is 8.01. The normalized spacial score (nSPS) is 9.92. The second-order valence-electron chi connectivity index (χ2n) is 2.68. The van der Waals surface area contributed by atoms with Crippen molar-refractivity contribution in [3.8, 4) is 0 Å². The van der Waals surface area contributed by atoms with Crippen LogP contribution in [0.25, 0.3) is 0 Å². The van der Waals surface area contributed by atoms with E-state index in [0.717, 1.165) is 16.9 Å². The number of thioether (sulfide) groups is 1. The van der Waals surface area contributed by atoms with E-state index in [4.69, 9.17) is 16.9 Å². The van der Waals surface area contributed by atoms with Gasteiger partial charge in [0.2, 0.25) is 0 Å². The Morgan fingerprint density at radius 3 is 2.69 bits per heavy atom. The van der Waals surface area contributed by atoms with Crippen LogP contribution in [-0.2, 0) is 12.3 Å². The molecule has 13 heavy (non-hydrogen) atoms. The number of rotatable bonds is 3. The second-order valence-corrected chi connectivity index (χ2v) is 3.69. The highest BCUT2D eigenvalue weighted by Gasteiger charge is 1.96. The van der Waals surface area contributed by atoms with E-state index >= 15 is 0 Å². The van der Waals surface area contributed by atoms with E-state index in [1.54, 1.807) is 0 Å². The molecule has 0 spiro atoms. The van der Waals surface area contributed by atoms with Crippen molar-refractivity contribution in [2.75, 3.05) is 0 Å². The van der Waals surface area contributed by atoms with Gasteiger partial charge in [0.25, 0.3) is 0 Å². The minimum atomic E-state index is 0.151. The van der Waals surface area contributed by atoms with Crippen LogP contribution in [0.1, 0.15) is 11.1 Å². The van der Waals surface area contributed by atoms with E-state index < -0.39 is 0 Å². The molecule has 0 saturated heterocycles. The third-order valence-electron chi connectivity index (χ3n) is 1.62. The summed E-state index contributed by atoms with van der Waals surface area (Å²) in [5.74, 6) is 0.739. The lowest BCUT2D eigenvalue weighted by atomic mass is 10.1. The topological polar surface area (TPSA) is 75.9 Å². The molecule has 1 aromatic carbocycles. The molecule has 0 aromatic heterocycles. The fourth-order valence-electron chi connectivity index (χ4n) is 1.01. The van der Waals surface area contributed by atoms with Gasteiger partial charge in [-0.15, -0.1) is 0 Å². The van der Waals surface area contributed by atoms with Crippen LogP contribution in [0.4, 0.5) is 0 Å². The Hall–Kier alpha value is -1.00. The van der Waals surface area contributed by atoms with Gasteiger partial charge in [0.15, 0.2) is 5.17 Å². The van der Waals surface area contributed by atoms with Crippen LogP contribution in [0.2, 0.25) is 0 Å². The van der Waals surface area contributed by atoms with E-state index in [0.29, 0.717) is 6.54 Å². The first-order valence-electron chi connectivity index (χ1n) is 3.97. The number of amidine groups is 1. The van der Waals surface area contributed by atoms with E-state index in [1.807, 2.05) is 24.3 Å². The molecule has 0 bridgehead atoms. The predicted molar refractivity (Wildman–Crippen MR) is 57.5 cm³/mol. The van der Waals surface area contributed by atoms with Crippen LogP contribution in [0.5, 0.6) is 0 Å². The summed E-state index contributed by atoms with van der Waals surface area (Å²) < 4.78 is 0. The van der Waals surface area contributed by atoms with Gasteiger partial charge in [0, 0.05) is 12.3 Å². The Morgan fingerprint density at radius 1 is 1.38 bits per heavy atom. The molecule has 0 fully saturated rings. The smallest absolute Gasteiger partial charge is 0.151 e. The molecule has 0 aliphatic heterocycles. The summed E-state index contributed by atoms with van der Waals surface area (Å²) in [5, 5.41) is 7.21. The molecular weight excluding hydrogens is 182 g/mol. The van der Waals surface area contributed by atoms with Gasteiger partial charge in [-0.05, 0) is 11.1 Å². The fraction of sp³-hybridized carbons (Fsp3) is 0.222. The van der Waals surface area contributed by atoms with Crippen LogP contribution in [0.3, 0.4) is 0 Å². The van der Waals surface area contributed by atoms with Gasteiger partial charge < -0.3 is 11.5 Å². The van der Waals surface area contributed by atoms with Crippen LogP contribution >= 0.6 is 11.8 Å². The lowest BCUT2D eigenvalue weighted by Gasteiger charge is -2.02. The van der Waals surface area contributed by atoms with E-state index in [-0.39, 0.29) is 5.17 Å². The molecular formula is C9H13N3S. The molecule has 0 aliphatic rings. The number of nitrogens with two attached hydrogens (primary N) is 2. The Kier molecular flexibility index (Phi) is 3.79. The highest BCUT2D eigenvalue weighted by molar-refractivity contribution is 8.13. The van der Waals surface area contributed by atoms with Gasteiger partial charge in [-0.3, -0.25) is 5.41 Å². The monoisotopic (exact) mass is 195 g/mol. The molecule has 4 heteroatoms. The zero-order valence-electron chi connectivity index (χ0n) is 7.29. The van der Waals surface area contributed by atoms with Gasteiger partial charge >= 0.3 is 0 Å². The van der Waals surface area contributed by atoms with Crippen molar-refractivity contribution in [2.45, 2.75) is 12.3 Å². The van der Waals surface area contributed by atoms with Crippen LogP contribution in [-0.4, -0.2) is 5.17 Å². The van der Waals surface area contributed by atoms with Crippen molar-refractivity contribution in [3.63, 3.8) is 0 Å². The lowest BCUT2D eigenvalue weighted by molar-refractivity contribution is 1.06. The maximum atomic E-state index is 7.06. The number of benzene rings is 1. The molecule has 0 heterocycles. The third-order valence-corrected chi connectivity index (χ3v) is 2.41. The van der Waals surface area contributed by atoms with E-state index in [1.165, 1.54) is 11.8 Å². The summed E-state index contributed by atoms with van der Waals surface area (Å²) in [5.41, 5.74) is 13.0. The zero-order chi connectivity index (χ0) is 9.68. The van der Waals surface area contributed by atoms with E-state index in [9.17, 15) is 0 Å². The highest BCUT2D eigenvalue weighted by atomic mass is 32.2. The van der Waals surface area contributed by atoms with Gasteiger partial charge in [-0.25, -0.2) is 0 Å². The summed E-state index contributed by atoms with van der Waals surface area (Å²) in [6.07, 6.45) is 0. The van der Waals surface area contributed by atoms with Crippen LogP contribution < -0.4 is 11.5 Å². The van der Waals surface area contributed by atoms with Crippen molar-refractivity contribution >= 4 is 16.9 Å². The van der Waals surface area contributed by atoms with Crippen LogP contribution in [0.15, 0.2) is 24.3 Å². The van der Waals surface area contributed by atoms with Crippen molar-refractivity contribution in [1.82, 2.24) is 0 Å². The first kappa shape index (κ1) is 10.1. The van der Waals surface area contributed by atoms with Gasteiger partial charge in [-0.2, -0.15) is 0 Å². The Bertz CT molecular complexity index is 299. The largest absolute Gasteiger partial charge is 0.379 e. The highest BCUT2D eigenvalue weighted by Crippen LogP contribution is 2.12. The predicted octanol–water partition coefficient (Wildman–Crippen LogP) is 1.27. The second kappa shape index (κ2) is 4.89. The van der Waals surface area contributed by atoms with Crippen LogP contribution in [0, 0.1) is 5.41 Å². The number of hydrogen-bond acceptors (Lipinski definition) is 3. The van der Waals surface area contributed by atoms with Gasteiger partial charge in [0.1, 0.15) is 0 Å². The average molecular weight is 195 g/mol. The summed E-state index contributed by atoms with van der Waals surface area (Å²) in [4.78, 5) is 0. The van der Waals surface area contributed by atoms with Crippen molar-refractivity contribution < 1.29 is 0 Å². The van der Waals surface area contributed by atoms with Crippen molar-refractivity contribution in [1.29, 1.82) is 5.41 Å². The average Bonchev–Trinajstić information content (AvgIpc) is 2.15. The number of nitrogens with one attached hydrogen (secondary N) is 1. The quantitative estimate of drug-likeness (QED) is 0.502. The fourth-order valence-corrected chi connectivity index (χ4v) is 1.51.